The second-order valence-corrected chi connectivity index (χ2v) is 5.89. The summed E-state index contributed by atoms with van der Waals surface area (Å²) in [6.07, 6.45) is -2.53. The van der Waals surface area contributed by atoms with Gasteiger partial charge in [-0.1, -0.05) is 12.1 Å². The Labute approximate surface area is 141 Å². The molecule has 1 aliphatic rings. The molecule has 8 heteroatoms. The molecular formula is C17H16F3N3O2. The fourth-order valence-corrected chi connectivity index (χ4v) is 2.52. The summed E-state index contributed by atoms with van der Waals surface area (Å²) >= 11 is 0. The molecule has 0 bridgehead atoms. The van der Waals surface area contributed by atoms with E-state index in [0.29, 0.717) is 5.92 Å². The number of halogens is 3. The number of hydrogen-bond donors (Lipinski definition) is 1. The minimum absolute atomic E-state index is 0.00600. The molecule has 1 aromatic heterocycles. The third kappa shape index (κ3) is 4.07. The third-order valence-corrected chi connectivity index (χ3v) is 3.97. The molecule has 3 rings (SSSR count). The highest BCUT2D eigenvalue weighted by Crippen LogP contribution is 2.38. The minimum Gasteiger partial charge on any atom is -0.350 e. The van der Waals surface area contributed by atoms with E-state index in [1.54, 1.807) is 6.07 Å². The van der Waals surface area contributed by atoms with E-state index in [1.165, 1.54) is 22.9 Å². The van der Waals surface area contributed by atoms with E-state index >= 15 is 0 Å². The molecule has 0 unspecified atom stereocenters. The maximum atomic E-state index is 12.9. The van der Waals surface area contributed by atoms with Gasteiger partial charge in [-0.2, -0.15) is 18.3 Å². The molecule has 5 nitrogen and oxygen atoms in total. The Bertz CT molecular complexity index is 842. The van der Waals surface area contributed by atoms with E-state index in [9.17, 15) is 22.8 Å². The van der Waals surface area contributed by atoms with Gasteiger partial charge in [0, 0.05) is 18.5 Å². The van der Waals surface area contributed by atoms with Crippen molar-refractivity contribution in [2.45, 2.75) is 31.5 Å². The molecule has 1 heterocycles. The van der Waals surface area contributed by atoms with Gasteiger partial charge in [-0.05, 0) is 31.0 Å². The molecule has 1 saturated carbocycles. The Morgan fingerprint density at radius 2 is 1.92 bits per heavy atom. The Morgan fingerprint density at radius 3 is 2.60 bits per heavy atom. The van der Waals surface area contributed by atoms with E-state index in [1.807, 2.05) is 0 Å². The van der Waals surface area contributed by atoms with Gasteiger partial charge in [-0.25, -0.2) is 4.68 Å². The van der Waals surface area contributed by atoms with Gasteiger partial charge in [0.1, 0.15) is 0 Å². The number of rotatable bonds is 5. The van der Waals surface area contributed by atoms with Crippen LogP contribution in [-0.4, -0.2) is 22.2 Å². The zero-order valence-corrected chi connectivity index (χ0v) is 13.2. The molecule has 0 radical (unpaired) electrons. The van der Waals surface area contributed by atoms with Crippen molar-refractivity contribution in [1.29, 1.82) is 0 Å². The first kappa shape index (κ1) is 17.2. The SMILES string of the molecule is O=C(NCCn1nc(C2CC2)ccc1=O)c1ccccc1C(F)(F)F. The number of carbonyl (C=O) groups is 1. The Hall–Kier alpha value is -2.64. The largest absolute Gasteiger partial charge is 0.417 e. The van der Waals surface area contributed by atoms with Crippen molar-refractivity contribution < 1.29 is 18.0 Å². The van der Waals surface area contributed by atoms with Crippen LogP contribution in [0.25, 0.3) is 0 Å². The highest BCUT2D eigenvalue weighted by Gasteiger charge is 2.34. The maximum Gasteiger partial charge on any atom is 0.417 e. The lowest BCUT2D eigenvalue weighted by Gasteiger charge is -2.13. The maximum absolute atomic E-state index is 12.9. The van der Waals surface area contributed by atoms with Crippen LogP contribution in [0.3, 0.4) is 0 Å². The van der Waals surface area contributed by atoms with E-state index in [-0.39, 0.29) is 18.6 Å². The lowest BCUT2D eigenvalue weighted by molar-refractivity contribution is -0.137. The first-order valence-corrected chi connectivity index (χ1v) is 7.89. The summed E-state index contributed by atoms with van der Waals surface area (Å²) < 4.78 is 40.0. The summed E-state index contributed by atoms with van der Waals surface area (Å²) in [5.74, 6) is -0.459. The molecule has 25 heavy (non-hydrogen) atoms. The van der Waals surface area contributed by atoms with Crippen molar-refractivity contribution in [3.63, 3.8) is 0 Å². The monoisotopic (exact) mass is 351 g/mol. The standard InChI is InChI=1S/C17H16F3N3O2/c18-17(19,20)13-4-2-1-3-12(13)16(25)21-9-10-23-15(24)8-7-14(22-23)11-5-6-11/h1-4,7-8,11H,5-6,9-10H2,(H,21,25). The van der Waals surface area contributed by atoms with Crippen molar-refractivity contribution in [3.05, 3.63) is 63.6 Å². The summed E-state index contributed by atoms with van der Waals surface area (Å²) in [6.45, 7) is 0.103. The quantitative estimate of drug-likeness (QED) is 0.901. The summed E-state index contributed by atoms with van der Waals surface area (Å²) in [5.41, 5.74) is -0.914. The number of carbonyl (C=O) groups excluding carboxylic acids is 1. The average Bonchev–Trinajstić information content (AvgIpc) is 3.40. The summed E-state index contributed by atoms with van der Waals surface area (Å²) in [6, 6.07) is 7.69. The van der Waals surface area contributed by atoms with Gasteiger partial charge in [0.2, 0.25) is 0 Å². The molecule has 0 spiro atoms. The zero-order chi connectivity index (χ0) is 18.0. The van der Waals surface area contributed by atoms with Crippen molar-refractivity contribution in [2.75, 3.05) is 6.54 Å². The number of benzene rings is 1. The van der Waals surface area contributed by atoms with Gasteiger partial charge in [0.25, 0.3) is 11.5 Å². The number of amides is 1. The first-order valence-electron chi connectivity index (χ1n) is 7.89. The van der Waals surface area contributed by atoms with Crippen molar-refractivity contribution in [1.82, 2.24) is 15.1 Å². The number of alkyl halides is 3. The van der Waals surface area contributed by atoms with Crippen LogP contribution < -0.4 is 10.9 Å². The smallest absolute Gasteiger partial charge is 0.350 e. The van der Waals surface area contributed by atoms with E-state index in [0.717, 1.165) is 30.7 Å². The predicted molar refractivity (Wildman–Crippen MR) is 84.2 cm³/mol. The minimum atomic E-state index is -4.61. The van der Waals surface area contributed by atoms with Crippen molar-refractivity contribution in [3.8, 4) is 0 Å². The summed E-state index contributed by atoms with van der Waals surface area (Å²) in [5, 5.41) is 6.65. The molecular weight excluding hydrogens is 335 g/mol. The Kier molecular flexibility index (Phi) is 4.61. The summed E-state index contributed by atoms with van der Waals surface area (Å²) in [4.78, 5) is 23.8. The lowest BCUT2D eigenvalue weighted by Crippen LogP contribution is -2.33. The van der Waals surface area contributed by atoms with Gasteiger partial charge in [-0.3, -0.25) is 9.59 Å². The topological polar surface area (TPSA) is 64.0 Å². The Balaban J connectivity index is 1.66. The molecule has 1 amide bonds. The Morgan fingerprint density at radius 1 is 1.20 bits per heavy atom. The van der Waals surface area contributed by atoms with Gasteiger partial charge in [-0.15, -0.1) is 0 Å². The third-order valence-electron chi connectivity index (χ3n) is 3.97. The first-order chi connectivity index (χ1) is 11.9. The van der Waals surface area contributed by atoms with E-state index in [4.69, 9.17) is 0 Å². The van der Waals surface area contributed by atoms with Crippen LogP contribution >= 0.6 is 0 Å². The lowest BCUT2D eigenvalue weighted by atomic mass is 10.1. The molecule has 0 atom stereocenters. The number of hydrogen-bond acceptors (Lipinski definition) is 3. The molecule has 1 N–H and O–H groups in total. The molecule has 1 aromatic carbocycles. The predicted octanol–water partition coefficient (Wildman–Crippen LogP) is 2.57. The molecule has 132 valence electrons. The normalized spacial score (nSPS) is 14.4. The van der Waals surface area contributed by atoms with Crippen LogP contribution in [0.2, 0.25) is 0 Å². The molecule has 1 fully saturated rings. The van der Waals surface area contributed by atoms with Crippen LogP contribution in [0.4, 0.5) is 13.2 Å². The zero-order valence-electron chi connectivity index (χ0n) is 13.2. The number of aromatic nitrogens is 2. The van der Waals surface area contributed by atoms with Gasteiger partial charge >= 0.3 is 6.18 Å². The highest BCUT2D eigenvalue weighted by molar-refractivity contribution is 5.95. The van der Waals surface area contributed by atoms with Crippen molar-refractivity contribution >= 4 is 5.91 Å². The van der Waals surface area contributed by atoms with Gasteiger partial charge in [0.15, 0.2) is 0 Å². The highest BCUT2D eigenvalue weighted by atomic mass is 19.4. The van der Waals surface area contributed by atoms with Crippen molar-refractivity contribution in [2.24, 2.45) is 0 Å². The van der Waals surface area contributed by atoms with Crippen LogP contribution in [-0.2, 0) is 12.7 Å². The molecule has 0 aliphatic heterocycles. The summed E-state index contributed by atoms with van der Waals surface area (Å²) in [7, 11) is 0. The van der Waals surface area contributed by atoms with Crippen LogP contribution in [0.5, 0.6) is 0 Å². The fourth-order valence-electron chi connectivity index (χ4n) is 2.52. The van der Waals surface area contributed by atoms with Crippen LogP contribution in [0.15, 0.2) is 41.2 Å². The van der Waals surface area contributed by atoms with Crippen LogP contribution in [0.1, 0.15) is 40.4 Å². The molecule has 1 aliphatic carbocycles. The average molecular weight is 351 g/mol. The molecule has 0 saturated heterocycles. The van der Waals surface area contributed by atoms with E-state index < -0.39 is 23.2 Å². The van der Waals surface area contributed by atoms with Gasteiger partial charge < -0.3 is 5.32 Å². The second kappa shape index (κ2) is 6.70. The van der Waals surface area contributed by atoms with E-state index in [2.05, 4.69) is 10.4 Å². The number of nitrogens with one attached hydrogen (secondary N) is 1. The fraction of sp³-hybridized carbons (Fsp3) is 0.353. The number of nitrogens with zero attached hydrogens (tertiary/aromatic N) is 2. The molecule has 2 aromatic rings. The second-order valence-electron chi connectivity index (χ2n) is 5.89. The van der Waals surface area contributed by atoms with Crippen LogP contribution in [0, 0.1) is 0 Å². The van der Waals surface area contributed by atoms with Gasteiger partial charge in [0.05, 0.1) is 23.4 Å².